The summed E-state index contributed by atoms with van der Waals surface area (Å²) in [7, 11) is 4.11. The normalized spacial score (nSPS) is 16.7. The lowest BCUT2D eigenvalue weighted by atomic mass is 9.91. The van der Waals surface area contributed by atoms with Crippen molar-refractivity contribution in [3.8, 4) is 0 Å². The van der Waals surface area contributed by atoms with E-state index < -0.39 is 0 Å². The molecule has 140 valence electrons. The van der Waals surface area contributed by atoms with Gasteiger partial charge in [0.2, 0.25) is 0 Å². The van der Waals surface area contributed by atoms with Crippen molar-refractivity contribution >= 4 is 17.4 Å². The van der Waals surface area contributed by atoms with E-state index in [1.807, 2.05) is 23.4 Å². The SMILES string of the molecule is CN(C)C(CNC(=O)N1CCC(Cc2cccnc2)CC1)c1cccs1. The van der Waals surface area contributed by atoms with Crippen molar-refractivity contribution in [1.29, 1.82) is 0 Å². The number of carbonyl (C=O) groups excluding carboxylic acids is 1. The topological polar surface area (TPSA) is 48.5 Å². The molecule has 0 aliphatic carbocycles. The van der Waals surface area contributed by atoms with Crippen LogP contribution in [-0.2, 0) is 6.42 Å². The van der Waals surface area contributed by atoms with Gasteiger partial charge in [-0.05, 0) is 62.4 Å². The summed E-state index contributed by atoms with van der Waals surface area (Å²) in [6.07, 6.45) is 6.94. The van der Waals surface area contributed by atoms with Gasteiger partial charge < -0.3 is 15.1 Å². The van der Waals surface area contributed by atoms with Gasteiger partial charge in [-0.3, -0.25) is 4.98 Å². The number of aromatic nitrogens is 1. The second-order valence-electron chi connectivity index (χ2n) is 7.18. The van der Waals surface area contributed by atoms with E-state index in [2.05, 4.69) is 52.9 Å². The number of pyridine rings is 1. The third-order valence-corrected chi connectivity index (χ3v) is 6.06. The summed E-state index contributed by atoms with van der Waals surface area (Å²) in [4.78, 5) is 22.1. The summed E-state index contributed by atoms with van der Waals surface area (Å²) in [6, 6.07) is 8.61. The maximum absolute atomic E-state index is 12.5. The van der Waals surface area contributed by atoms with Crippen molar-refractivity contribution in [2.75, 3.05) is 33.7 Å². The van der Waals surface area contributed by atoms with E-state index in [0.29, 0.717) is 12.5 Å². The molecule has 0 saturated carbocycles. The first kappa shape index (κ1) is 18.9. The second kappa shape index (κ2) is 9.14. The summed E-state index contributed by atoms with van der Waals surface area (Å²) < 4.78 is 0. The van der Waals surface area contributed by atoms with Crippen LogP contribution in [0, 0.1) is 5.92 Å². The highest BCUT2D eigenvalue weighted by Crippen LogP contribution is 2.23. The maximum atomic E-state index is 12.5. The molecule has 3 heterocycles. The first-order valence-electron chi connectivity index (χ1n) is 9.25. The molecule has 2 amide bonds. The van der Waals surface area contributed by atoms with Crippen LogP contribution in [0.4, 0.5) is 4.79 Å². The maximum Gasteiger partial charge on any atom is 0.317 e. The third-order valence-electron chi connectivity index (χ3n) is 5.09. The van der Waals surface area contributed by atoms with Gasteiger partial charge in [-0.2, -0.15) is 0 Å². The van der Waals surface area contributed by atoms with Crippen molar-refractivity contribution in [3.63, 3.8) is 0 Å². The molecule has 0 aromatic carbocycles. The van der Waals surface area contributed by atoms with Crippen molar-refractivity contribution in [2.24, 2.45) is 5.92 Å². The Morgan fingerprint density at radius 3 is 2.77 bits per heavy atom. The van der Waals surface area contributed by atoms with E-state index in [1.165, 1.54) is 10.4 Å². The van der Waals surface area contributed by atoms with E-state index in [9.17, 15) is 4.79 Å². The Labute approximate surface area is 160 Å². The van der Waals surface area contributed by atoms with Gasteiger partial charge in [0.25, 0.3) is 0 Å². The fourth-order valence-corrected chi connectivity index (χ4v) is 4.43. The molecule has 1 saturated heterocycles. The molecule has 1 atom stereocenters. The molecule has 6 heteroatoms. The minimum atomic E-state index is 0.0632. The molecule has 2 aromatic heterocycles. The zero-order valence-corrected chi connectivity index (χ0v) is 16.4. The van der Waals surface area contributed by atoms with Crippen molar-refractivity contribution in [3.05, 3.63) is 52.5 Å². The Balaban J connectivity index is 1.45. The number of hydrogen-bond acceptors (Lipinski definition) is 4. The van der Waals surface area contributed by atoms with Gasteiger partial charge in [-0.15, -0.1) is 11.3 Å². The lowest BCUT2D eigenvalue weighted by Crippen LogP contribution is -2.46. The van der Waals surface area contributed by atoms with Crippen LogP contribution in [0.25, 0.3) is 0 Å². The van der Waals surface area contributed by atoms with Crippen LogP contribution in [0.15, 0.2) is 42.0 Å². The van der Waals surface area contributed by atoms with E-state index >= 15 is 0 Å². The Kier molecular flexibility index (Phi) is 6.63. The Morgan fingerprint density at radius 2 is 2.15 bits per heavy atom. The van der Waals surface area contributed by atoms with Gasteiger partial charge in [0.05, 0.1) is 6.04 Å². The van der Waals surface area contributed by atoms with Gasteiger partial charge in [0.1, 0.15) is 0 Å². The average molecular weight is 373 g/mol. The van der Waals surface area contributed by atoms with E-state index in [4.69, 9.17) is 0 Å². The molecule has 1 unspecified atom stereocenters. The van der Waals surface area contributed by atoms with Gasteiger partial charge >= 0.3 is 6.03 Å². The van der Waals surface area contributed by atoms with Crippen LogP contribution in [0.1, 0.15) is 29.3 Å². The highest BCUT2D eigenvalue weighted by atomic mass is 32.1. The molecule has 2 aromatic rings. The summed E-state index contributed by atoms with van der Waals surface area (Å²) >= 11 is 1.74. The Morgan fingerprint density at radius 1 is 1.35 bits per heavy atom. The quantitative estimate of drug-likeness (QED) is 0.845. The number of piperidine rings is 1. The molecule has 0 spiro atoms. The van der Waals surface area contributed by atoms with Crippen LogP contribution < -0.4 is 5.32 Å². The average Bonchev–Trinajstić information content (AvgIpc) is 3.17. The van der Waals surface area contributed by atoms with E-state index in [0.717, 1.165) is 32.4 Å². The van der Waals surface area contributed by atoms with Crippen molar-refractivity contribution in [1.82, 2.24) is 20.1 Å². The number of nitrogens with zero attached hydrogens (tertiary/aromatic N) is 3. The number of carbonyl (C=O) groups is 1. The Bertz CT molecular complexity index is 666. The predicted octanol–water partition coefficient (Wildman–Crippen LogP) is 3.41. The smallest absolute Gasteiger partial charge is 0.317 e. The second-order valence-corrected chi connectivity index (χ2v) is 8.16. The molecule has 1 fully saturated rings. The standard InChI is InChI=1S/C20H28N4OS/c1-23(2)18(19-6-4-12-26-19)15-22-20(25)24-10-7-16(8-11-24)13-17-5-3-9-21-14-17/h3-6,9,12,14,16,18H,7-8,10-11,13,15H2,1-2H3,(H,22,25). The van der Waals surface area contributed by atoms with Crippen molar-refractivity contribution in [2.45, 2.75) is 25.3 Å². The van der Waals surface area contributed by atoms with Gasteiger partial charge in [-0.25, -0.2) is 4.79 Å². The van der Waals surface area contributed by atoms with Crippen LogP contribution in [-0.4, -0.2) is 54.5 Å². The lowest BCUT2D eigenvalue weighted by Gasteiger charge is -2.33. The molecular weight excluding hydrogens is 344 g/mol. The fourth-order valence-electron chi connectivity index (χ4n) is 3.51. The number of amides is 2. The number of nitrogens with one attached hydrogen (secondary N) is 1. The molecule has 0 radical (unpaired) electrons. The van der Waals surface area contributed by atoms with Crippen LogP contribution >= 0.6 is 11.3 Å². The highest BCUT2D eigenvalue weighted by molar-refractivity contribution is 7.10. The number of rotatable bonds is 6. The lowest BCUT2D eigenvalue weighted by molar-refractivity contribution is 0.167. The highest BCUT2D eigenvalue weighted by Gasteiger charge is 2.24. The van der Waals surface area contributed by atoms with Crippen LogP contribution in [0.3, 0.4) is 0 Å². The minimum Gasteiger partial charge on any atom is -0.336 e. The van der Waals surface area contributed by atoms with Crippen LogP contribution in [0.5, 0.6) is 0 Å². The van der Waals surface area contributed by atoms with Crippen LogP contribution in [0.2, 0.25) is 0 Å². The third kappa shape index (κ3) is 5.05. The van der Waals surface area contributed by atoms with E-state index in [-0.39, 0.29) is 12.1 Å². The first-order chi connectivity index (χ1) is 12.6. The summed E-state index contributed by atoms with van der Waals surface area (Å²) in [6.45, 7) is 2.31. The first-order valence-corrected chi connectivity index (χ1v) is 10.1. The number of urea groups is 1. The summed E-state index contributed by atoms with van der Waals surface area (Å²) in [5, 5.41) is 5.21. The van der Waals surface area contributed by atoms with Gasteiger partial charge in [0, 0.05) is 36.9 Å². The molecule has 1 aliphatic heterocycles. The molecular formula is C20H28N4OS. The summed E-state index contributed by atoms with van der Waals surface area (Å²) in [5.74, 6) is 0.642. The fraction of sp³-hybridized carbons (Fsp3) is 0.500. The van der Waals surface area contributed by atoms with Gasteiger partial charge in [-0.1, -0.05) is 12.1 Å². The number of hydrogen-bond donors (Lipinski definition) is 1. The van der Waals surface area contributed by atoms with Crippen molar-refractivity contribution < 1.29 is 4.79 Å². The number of likely N-dealkylation sites (tertiary alicyclic amines) is 1. The summed E-state index contributed by atoms with van der Waals surface area (Å²) in [5.41, 5.74) is 1.29. The zero-order valence-electron chi connectivity index (χ0n) is 15.6. The monoisotopic (exact) mass is 372 g/mol. The molecule has 3 rings (SSSR count). The predicted molar refractivity (Wildman–Crippen MR) is 106 cm³/mol. The Hall–Kier alpha value is -1.92. The number of likely N-dealkylation sites (N-methyl/N-ethyl adjacent to an activating group) is 1. The number of thiophene rings is 1. The molecule has 26 heavy (non-hydrogen) atoms. The minimum absolute atomic E-state index is 0.0632. The molecule has 5 nitrogen and oxygen atoms in total. The van der Waals surface area contributed by atoms with E-state index in [1.54, 1.807) is 11.3 Å². The zero-order chi connectivity index (χ0) is 18.4. The molecule has 1 aliphatic rings. The van der Waals surface area contributed by atoms with Gasteiger partial charge in [0.15, 0.2) is 0 Å². The molecule has 1 N–H and O–H groups in total. The molecule has 0 bridgehead atoms. The largest absolute Gasteiger partial charge is 0.336 e.